The summed E-state index contributed by atoms with van der Waals surface area (Å²) in [7, 11) is 0. The Morgan fingerprint density at radius 1 is 1.37 bits per heavy atom. The molecule has 102 valence electrons. The summed E-state index contributed by atoms with van der Waals surface area (Å²) in [6, 6.07) is 6.18. The molecule has 2 atom stereocenters. The first-order valence-electron chi connectivity index (χ1n) is 6.10. The van der Waals surface area contributed by atoms with E-state index in [0.29, 0.717) is 0 Å². The molecule has 0 aliphatic carbocycles. The van der Waals surface area contributed by atoms with Gasteiger partial charge in [-0.15, -0.1) is 0 Å². The molecule has 0 bridgehead atoms. The number of rotatable bonds is 5. The summed E-state index contributed by atoms with van der Waals surface area (Å²) in [4.78, 5) is 4.41. The van der Waals surface area contributed by atoms with Crippen molar-refractivity contribution in [2.75, 3.05) is 0 Å². The van der Waals surface area contributed by atoms with Crippen molar-refractivity contribution >= 4 is 23.3 Å². The summed E-state index contributed by atoms with van der Waals surface area (Å²) < 4.78 is 18.1. The van der Waals surface area contributed by atoms with Gasteiger partial charge in [-0.25, -0.2) is 9.37 Å². The zero-order valence-corrected chi connectivity index (χ0v) is 12.5. The van der Waals surface area contributed by atoms with Gasteiger partial charge in [-0.05, 0) is 29.2 Å². The van der Waals surface area contributed by atoms with Gasteiger partial charge in [-0.3, -0.25) is 0 Å². The average Bonchev–Trinajstić information content (AvgIpc) is 2.86. The van der Waals surface area contributed by atoms with E-state index in [1.165, 1.54) is 23.7 Å². The van der Waals surface area contributed by atoms with E-state index in [1.807, 2.05) is 13.8 Å². The summed E-state index contributed by atoms with van der Waals surface area (Å²) in [5.41, 5.74) is 7.12. The molecule has 0 aliphatic heterocycles. The van der Waals surface area contributed by atoms with Gasteiger partial charge < -0.3 is 5.73 Å². The van der Waals surface area contributed by atoms with E-state index in [4.69, 9.17) is 5.73 Å². The predicted octanol–water partition coefficient (Wildman–Crippen LogP) is 3.42. The maximum atomic E-state index is 12.9. The fraction of sp³-hybridized carbons (Fsp3) is 0.385. The van der Waals surface area contributed by atoms with Crippen LogP contribution in [0.3, 0.4) is 0 Å². The van der Waals surface area contributed by atoms with E-state index < -0.39 is 0 Å². The lowest BCUT2D eigenvalue weighted by Gasteiger charge is -2.18. The Balaban J connectivity index is 2.02. The summed E-state index contributed by atoms with van der Waals surface area (Å²) in [6.07, 6.45) is 0.843. The number of aryl methyl sites for hydroxylation is 1. The Morgan fingerprint density at radius 2 is 2.05 bits per heavy atom. The first kappa shape index (κ1) is 14.4. The van der Waals surface area contributed by atoms with Crippen molar-refractivity contribution in [3.63, 3.8) is 0 Å². The van der Waals surface area contributed by atoms with Crippen LogP contribution in [0.25, 0.3) is 0 Å². The molecule has 2 aromatic rings. The van der Waals surface area contributed by atoms with E-state index in [0.717, 1.165) is 22.1 Å². The zero-order valence-electron chi connectivity index (χ0n) is 10.8. The molecule has 0 fully saturated rings. The van der Waals surface area contributed by atoms with Crippen LogP contribution in [0.4, 0.5) is 4.39 Å². The predicted molar refractivity (Wildman–Crippen MR) is 77.9 cm³/mol. The fourth-order valence-electron chi connectivity index (χ4n) is 1.62. The highest BCUT2D eigenvalue weighted by molar-refractivity contribution is 8.01. The minimum Gasteiger partial charge on any atom is -0.323 e. The van der Waals surface area contributed by atoms with Crippen molar-refractivity contribution in [1.29, 1.82) is 0 Å². The molecular weight excluding hydrogens is 281 g/mol. The molecule has 0 radical (unpaired) electrons. The lowest BCUT2D eigenvalue weighted by atomic mass is 10.1. The number of nitrogens with two attached hydrogens (primary N) is 1. The second kappa shape index (κ2) is 6.45. The van der Waals surface area contributed by atoms with Gasteiger partial charge in [-0.2, -0.15) is 4.37 Å². The van der Waals surface area contributed by atoms with Gasteiger partial charge in [-0.1, -0.05) is 37.7 Å². The third kappa shape index (κ3) is 3.75. The normalized spacial score (nSPS) is 14.3. The maximum absolute atomic E-state index is 12.9. The van der Waals surface area contributed by atoms with Crippen molar-refractivity contribution in [1.82, 2.24) is 9.36 Å². The third-order valence-electron chi connectivity index (χ3n) is 2.81. The highest BCUT2D eigenvalue weighted by Crippen LogP contribution is 2.31. The molecule has 0 spiro atoms. The van der Waals surface area contributed by atoms with E-state index in [1.54, 1.807) is 23.9 Å². The average molecular weight is 297 g/mol. The highest BCUT2D eigenvalue weighted by Gasteiger charge is 2.18. The number of nitrogens with zero attached hydrogens (tertiary/aromatic N) is 2. The van der Waals surface area contributed by atoms with Crippen LogP contribution in [0.5, 0.6) is 0 Å². The van der Waals surface area contributed by atoms with Gasteiger partial charge in [0.15, 0.2) is 4.34 Å². The Hall–Kier alpha value is -0.980. The summed E-state index contributed by atoms with van der Waals surface area (Å²) in [5, 5.41) is 0.156. The molecule has 2 rings (SSSR count). The van der Waals surface area contributed by atoms with Gasteiger partial charge in [0, 0.05) is 17.7 Å². The van der Waals surface area contributed by atoms with Crippen molar-refractivity contribution in [3.05, 3.63) is 41.5 Å². The second-order valence-corrected chi connectivity index (χ2v) is 6.61. The molecule has 1 aromatic heterocycles. The number of hydrogen-bond acceptors (Lipinski definition) is 5. The molecule has 1 aromatic carbocycles. The lowest BCUT2D eigenvalue weighted by Crippen LogP contribution is -2.21. The van der Waals surface area contributed by atoms with Crippen LogP contribution < -0.4 is 5.73 Å². The van der Waals surface area contributed by atoms with Crippen LogP contribution in [0.1, 0.15) is 31.3 Å². The first-order valence-corrected chi connectivity index (χ1v) is 7.75. The number of aromatic nitrogens is 2. The van der Waals surface area contributed by atoms with Crippen LogP contribution >= 0.6 is 23.3 Å². The van der Waals surface area contributed by atoms with Crippen LogP contribution in [-0.4, -0.2) is 14.6 Å². The van der Waals surface area contributed by atoms with Gasteiger partial charge in [0.2, 0.25) is 0 Å². The van der Waals surface area contributed by atoms with E-state index >= 15 is 0 Å². The molecule has 19 heavy (non-hydrogen) atoms. The smallest absolute Gasteiger partial charge is 0.170 e. The van der Waals surface area contributed by atoms with Crippen LogP contribution in [-0.2, 0) is 6.42 Å². The molecule has 3 nitrogen and oxygen atoms in total. The number of halogens is 1. The maximum Gasteiger partial charge on any atom is 0.170 e. The van der Waals surface area contributed by atoms with Gasteiger partial charge in [0.25, 0.3) is 0 Å². The molecule has 2 N–H and O–H groups in total. The van der Waals surface area contributed by atoms with Crippen LogP contribution in [0, 0.1) is 5.82 Å². The molecule has 2 unspecified atom stereocenters. The number of benzene rings is 1. The SMILES string of the molecule is CCc1nsc(SC(C)C(N)c2ccc(F)cc2)n1. The van der Waals surface area contributed by atoms with Crippen molar-refractivity contribution in [2.24, 2.45) is 5.73 Å². The number of hydrogen-bond donors (Lipinski definition) is 1. The van der Waals surface area contributed by atoms with Crippen LogP contribution in [0.15, 0.2) is 28.6 Å². The van der Waals surface area contributed by atoms with E-state index in [9.17, 15) is 4.39 Å². The lowest BCUT2D eigenvalue weighted by molar-refractivity contribution is 0.624. The van der Waals surface area contributed by atoms with Crippen molar-refractivity contribution < 1.29 is 4.39 Å². The van der Waals surface area contributed by atoms with Crippen LogP contribution in [0.2, 0.25) is 0 Å². The molecule has 0 saturated heterocycles. The standard InChI is InChI=1S/C13H16FN3S2/c1-3-11-16-13(19-17-11)18-8(2)12(15)9-4-6-10(14)7-5-9/h4-8,12H,3,15H2,1-2H3. The number of thioether (sulfide) groups is 1. The van der Waals surface area contributed by atoms with Crippen molar-refractivity contribution in [2.45, 2.75) is 35.9 Å². The molecule has 0 saturated carbocycles. The Bertz CT molecular complexity index is 527. The molecule has 1 heterocycles. The molecule has 6 heteroatoms. The van der Waals surface area contributed by atoms with Gasteiger partial charge >= 0.3 is 0 Å². The Labute approximate surface area is 120 Å². The fourth-order valence-corrected chi connectivity index (χ4v) is 3.64. The molecule has 0 aliphatic rings. The zero-order chi connectivity index (χ0) is 13.8. The quantitative estimate of drug-likeness (QED) is 0.859. The van der Waals surface area contributed by atoms with E-state index in [2.05, 4.69) is 9.36 Å². The highest BCUT2D eigenvalue weighted by atomic mass is 32.2. The van der Waals surface area contributed by atoms with Gasteiger partial charge in [0.05, 0.1) is 0 Å². The minimum atomic E-state index is -0.243. The largest absolute Gasteiger partial charge is 0.323 e. The third-order valence-corrected chi connectivity index (χ3v) is 4.83. The summed E-state index contributed by atoms with van der Waals surface area (Å²) >= 11 is 3.02. The topological polar surface area (TPSA) is 51.8 Å². The van der Waals surface area contributed by atoms with E-state index in [-0.39, 0.29) is 17.1 Å². The Morgan fingerprint density at radius 3 is 2.63 bits per heavy atom. The minimum absolute atomic E-state index is 0.153. The first-order chi connectivity index (χ1) is 9.10. The molecule has 0 amide bonds. The summed E-state index contributed by atoms with van der Waals surface area (Å²) in [6.45, 7) is 4.08. The second-order valence-electron chi connectivity index (χ2n) is 4.23. The Kier molecular flexibility index (Phi) is 4.90. The van der Waals surface area contributed by atoms with Crippen molar-refractivity contribution in [3.8, 4) is 0 Å². The summed E-state index contributed by atoms with van der Waals surface area (Å²) in [5.74, 6) is 0.628. The monoisotopic (exact) mass is 297 g/mol. The molecular formula is C13H16FN3S2. The van der Waals surface area contributed by atoms with Gasteiger partial charge in [0.1, 0.15) is 11.6 Å².